The number of nitrogens with one attached hydrogen (secondary N) is 1. The summed E-state index contributed by atoms with van der Waals surface area (Å²) in [6.07, 6.45) is 1.04. The van der Waals surface area contributed by atoms with Crippen molar-refractivity contribution in [1.82, 2.24) is 0 Å². The van der Waals surface area contributed by atoms with E-state index >= 15 is 0 Å². The van der Waals surface area contributed by atoms with Gasteiger partial charge in [-0.3, -0.25) is 4.79 Å². The first-order valence-corrected chi connectivity index (χ1v) is 11.2. The predicted octanol–water partition coefficient (Wildman–Crippen LogP) is 3.71. The summed E-state index contributed by atoms with van der Waals surface area (Å²) >= 11 is 0. The first kappa shape index (κ1) is 22.0. The molecule has 0 saturated heterocycles. The average molecular weight is 439 g/mol. The molecule has 7 nitrogen and oxygen atoms in total. The molecule has 0 aliphatic carbocycles. The van der Waals surface area contributed by atoms with Crippen molar-refractivity contribution >= 4 is 27.4 Å². The molecule has 3 rings (SSSR count). The Kier molecular flexibility index (Phi) is 6.71. The van der Waals surface area contributed by atoms with Crippen molar-refractivity contribution < 1.29 is 27.5 Å². The fourth-order valence-electron chi connectivity index (χ4n) is 2.82. The van der Waals surface area contributed by atoms with Crippen molar-refractivity contribution in [2.45, 2.75) is 11.5 Å². The molecule has 0 radical (unpaired) electrons. The Morgan fingerprint density at radius 1 is 0.903 bits per heavy atom. The average Bonchev–Trinajstić information content (AvgIpc) is 2.77. The fourth-order valence-corrected chi connectivity index (χ4v) is 3.69. The number of ether oxygens (including phenoxy) is 2. The van der Waals surface area contributed by atoms with Crippen LogP contribution in [0, 0.1) is 0 Å². The van der Waals surface area contributed by atoms with Gasteiger partial charge in [-0.25, -0.2) is 13.2 Å². The summed E-state index contributed by atoms with van der Waals surface area (Å²) in [5, 5.41) is 2.78. The Morgan fingerprint density at radius 2 is 1.55 bits per heavy atom. The third kappa shape index (κ3) is 5.70. The number of carbonyl (C=O) groups is 2. The molecule has 0 bridgehead atoms. The van der Waals surface area contributed by atoms with E-state index < -0.39 is 15.8 Å². The molecule has 8 heteroatoms. The molecular weight excluding hydrogens is 418 g/mol. The highest BCUT2D eigenvalue weighted by Crippen LogP contribution is 2.18. The lowest BCUT2D eigenvalue weighted by molar-refractivity contribution is 0.0468. The second-order valence-electron chi connectivity index (χ2n) is 6.72. The van der Waals surface area contributed by atoms with Gasteiger partial charge < -0.3 is 14.8 Å². The Labute approximate surface area is 180 Å². The maximum Gasteiger partial charge on any atom is 0.339 e. The highest BCUT2D eigenvalue weighted by Gasteiger charge is 2.19. The van der Waals surface area contributed by atoms with Gasteiger partial charge >= 0.3 is 5.97 Å². The first-order valence-electron chi connectivity index (χ1n) is 9.28. The van der Waals surface area contributed by atoms with Crippen molar-refractivity contribution in [2.75, 3.05) is 18.7 Å². The maximum absolute atomic E-state index is 12.4. The van der Waals surface area contributed by atoms with E-state index in [1.807, 2.05) is 0 Å². The number of anilines is 1. The van der Waals surface area contributed by atoms with Gasteiger partial charge in [-0.05, 0) is 54.1 Å². The van der Waals surface area contributed by atoms with Gasteiger partial charge in [-0.15, -0.1) is 0 Å². The predicted molar refractivity (Wildman–Crippen MR) is 116 cm³/mol. The Balaban J connectivity index is 1.62. The van der Waals surface area contributed by atoms with Crippen LogP contribution in [0.4, 0.5) is 5.69 Å². The topological polar surface area (TPSA) is 98.8 Å². The number of methoxy groups -OCH3 is 1. The van der Waals surface area contributed by atoms with Crippen molar-refractivity contribution in [3.8, 4) is 5.75 Å². The molecule has 31 heavy (non-hydrogen) atoms. The molecule has 0 heterocycles. The fraction of sp³-hybridized carbons (Fsp3) is 0.130. The normalized spacial score (nSPS) is 10.9. The lowest BCUT2D eigenvalue weighted by Gasteiger charge is -2.09. The van der Waals surface area contributed by atoms with E-state index in [9.17, 15) is 18.0 Å². The van der Waals surface area contributed by atoms with Gasteiger partial charge in [-0.2, -0.15) is 0 Å². The minimum absolute atomic E-state index is 0.0134. The molecule has 0 aromatic heterocycles. The van der Waals surface area contributed by atoms with Crippen LogP contribution in [0.1, 0.15) is 26.3 Å². The summed E-state index contributed by atoms with van der Waals surface area (Å²) in [6.45, 7) is -0.0582. The van der Waals surface area contributed by atoms with E-state index in [4.69, 9.17) is 9.47 Å². The van der Waals surface area contributed by atoms with Crippen molar-refractivity contribution in [3.63, 3.8) is 0 Å². The van der Waals surface area contributed by atoms with Crippen LogP contribution >= 0.6 is 0 Å². The molecule has 1 amide bonds. The molecule has 0 aliphatic rings. The molecule has 0 atom stereocenters. The lowest BCUT2D eigenvalue weighted by atomic mass is 10.1. The number of carbonyl (C=O) groups excluding carboxylic acids is 2. The van der Waals surface area contributed by atoms with Crippen LogP contribution in [0.3, 0.4) is 0 Å². The number of amides is 1. The third-order valence-corrected chi connectivity index (χ3v) is 5.60. The zero-order valence-corrected chi connectivity index (χ0v) is 17.8. The first-order chi connectivity index (χ1) is 14.8. The number of hydrogen-bond donors (Lipinski definition) is 1. The Bertz CT molecular complexity index is 1190. The van der Waals surface area contributed by atoms with E-state index in [-0.39, 0.29) is 23.0 Å². The molecule has 0 fully saturated rings. The second-order valence-corrected chi connectivity index (χ2v) is 8.71. The number of benzene rings is 3. The molecule has 0 spiro atoms. The number of sulfone groups is 1. The third-order valence-electron chi connectivity index (χ3n) is 4.44. The smallest absolute Gasteiger partial charge is 0.339 e. The van der Waals surface area contributed by atoms with Crippen molar-refractivity contribution in [1.29, 1.82) is 0 Å². The minimum Gasteiger partial charge on any atom is -0.497 e. The number of rotatable bonds is 7. The van der Waals surface area contributed by atoms with E-state index in [1.165, 1.54) is 12.1 Å². The quantitative estimate of drug-likeness (QED) is 0.564. The van der Waals surface area contributed by atoms with Crippen molar-refractivity contribution in [2.24, 2.45) is 0 Å². The molecule has 0 saturated carbocycles. The van der Waals surface area contributed by atoms with Crippen LogP contribution in [-0.2, 0) is 21.2 Å². The highest BCUT2D eigenvalue weighted by atomic mass is 32.2. The largest absolute Gasteiger partial charge is 0.497 e. The molecule has 0 aliphatic heterocycles. The van der Waals surface area contributed by atoms with Gasteiger partial charge in [-0.1, -0.05) is 24.3 Å². The lowest BCUT2D eigenvalue weighted by Crippen LogP contribution is -2.12. The Hall–Kier alpha value is -3.65. The van der Waals surface area contributed by atoms with Crippen LogP contribution in [0.2, 0.25) is 0 Å². The molecule has 3 aromatic rings. The van der Waals surface area contributed by atoms with Crippen LogP contribution in [0.15, 0.2) is 77.7 Å². The maximum atomic E-state index is 12.4. The van der Waals surface area contributed by atoms with Gasteiger partial charge in [0.2, 0.25) is 0 Å². The summed E-state index contributed by atoms with van der Waals surface area (Å²) in [5.41, 5.74) is 1.72. The van der Waals surface area contributed by atoms with Crippen LogP contribution in [-0.4, -0.2) is 33.7 Å². The van der Waals surface area contributed by atoms with Crippen molar-refractivity contribution in [3.05, 3.63) is 89.5 Å². The standard InChI is InChI=1S/C23H21NO6S/c1-29-19-13-11-18(12-14-19)24-22(25)17-9-7-16(8-10-17)15-30-23(26)20-5-3-4-6-21(20)31(2,27)28/h3-14H,15H2,1-2H3,(H,24,25). The molecule has 0 unspecified atom stereocenters. The van der Waals surface area contributed by atoms with Gasteiger partial charge in [0.15, 0.2) is 9.84 Å². The van der Waals surface area contributed by atoms with E-state index in [0.29, 0.717) is 22.6 Å². The van der Waals surface area contributed by atoms with E-state index in [1.54, 1.807) is 67.8 Å². The zero-order chi connectivity index (χ0) is 22.4. The summed E-state index contributed by atoms with van der Waals surface area (Å²) in [5.74, 6) is -0.325. The summed E-state index contributed by atoms with van der Waals surface area (Å²) in [6, 6.07) is 19.4. The molecular formula is C23H21NO6S. The zero-order valence-electron chi connectivity index (χ0n) is 17.0. The summed E-state index contributed by atoms with van der Waals surface area (Å²) in [7, 11) is -1.99. The summed E-state index contributed by atoms with van der Waals surface area (Å²) < 4.78 is 34.0. The minimum atomic E-state index is -3.56. The highest BCUT2D eigenvalue weighted by molar-refractivity contribution is 7.90. The number of esters is 1. The van der Waals surface area contributed by atoms with E-state index in [0.717, 1.165) is 6.26 Å². The van der Waals surface area contributed by atoms with Gasteiger partial charge in [0.05, 0.1) is 17.6 Å². The van der Waals surface area contributed by atoms with Gasteiger partial charge in [0.25, 0.3) is 5.91 Å². The van der Waals surface area contributed by atoms with Crippen LogP contribution < -0.4 is 10.1 Å². The van der Waals surface area contributed by atoms with Crippen LogP contribution in [0.25, 0.3) is 0 Å². The Morgan fingerprint density at radius 3 is 2.16 bits per heavy atom. The van der Waals surface area contributed by atoms with Gasteiger partial charge in [0.1, 0.15) is 12.4 Å². The molecule has 160 valence electrons. The monoisotopic (exact) mass is 439 g/mol. The summed E-state index contributed by atoms with van der Waals surface area (Å²) in [4.78, 5) is 24.6. The van der Waals surface area contributed by atoms with E-state index in [2.05, 4.69) is 5.32 Å². The second kappa shape index (κ2) is 9.44. The molecule has 1 N–H and O–H groups in total. The van der Waals surface area contributed by atoms with Crippen LogP contribution in [0.5, 0.6) is 5.75 Å². The SMILES string of the molecule is COc1ccc(NC(=O)c2ccc(COC(=O)c3ccccc3S(C)(=O)=O)cc2)cc1. The molecule has 3 aromatic carbocycles. The van der Waals surface area contributed by atoms with Gasteiger partial charge in [0, 0.05) is 17.5 Å². The number of hydrogen-bond acceptors (Lipinski definition) is 6.